The molecule has 2 aromatic carbocycles. The van der Waals surface area contributed by atoms with E-state index >= 15 is 0 Å². The first-order chi connectivity index (χ1) is 14.9. The zero-order valence-corrected chi connectivity index (χ0v) is 18.6. The van der Waals surface area contributed by atoms with Gasteiger partial charge in [-0.15, -0.1) is 0 Å². The molecule has 0 aliphatic rings. The zero-order chi connectivity index (χ0) is 22.1. The Morgan fingerprint density at radius 1 is 0.677 bits per heavy atom. The molecule has 0 amide bonds. The van der Waals surface area contributed by atoms with Crippen molar-refractivity contribution in [3.8, 4) is 34.0 Å². The minimum atomic E-state index is 0.425. The summed E-state index contributed by atoms with van der Waals surface area (Å²) in [4.78, 5) is 9.19. The fraction of sp³-hybridized carbons (Fsp3) is 0.182. The highest BCUT2D eigenvalue weighted by atomic mass is 32.2. The van der Waals surface area contributed by atoms with E-state index in [0.717, 1.165) is 44.1 Å². The first kappa shape index (κ1) is 20.7. The van der Waals surface area contributed by atoms with Crippen molar-refractivity contribution in [2.24, 2.45) is 14.1 Å². The van der Waals surface area contributed by atoms with Crippen molar-refractivity contribution in [2.75, 3.05) is 25.7 Å². The Bertz CT molecular complexity index is 1120. The van der Waals surface area contributed by atoms with E-state index in [4.69, 9.17) is 20.9 Å². The van der Waals surface area contributed by atoms with Crippen molar-refractivity contribution in [1.82, 2.24) is 19.1 Å². The van der Waals surface area contributed by atoms with E-state index in [1.54, 1.807) is 14.2 Å². The van der Waals surface area contributed by atoms with Gasteiger partial charge >= 0.3 is 0 Å². The van der Waals surface area contributed by atoms with Crippen LogP contribution in [0, 0.1) is 0 Å². The van der Waals surface area contributed by atoms with Crippen LogP contribution < -0.4 is 20.9 Å². The third kappa shape index (κ3) is 3.79. The van der Waals surface area contributed by atoms with E-state index in [2.05, 4.69) is 9.97 Å². The molecule has 0 spiro atoms. The molecular weight excluding hydrogens is 412 g/mol. The van der Waals surface area contributed by atoms with Crippen molar-refractivity contribution in [3.63, 3.8) is 0 Å². The predicted octanol–water partition coefficient (Wildman–Crippen LogP) is 3.82. The second kappa shape index (κ2) is 8.27. The van der Waals surface area contributed by atoms with Crippen molar-refractivity contribution in [3.05, 3.63) is 48.5 Å². The molecule has 2 aromatic heterocycles. The van der Waals surface area contributed by atoms with Crippen LogP contribution in [0.3, 0.4) is 0 Å². The summed E-state index contributed by atoms with van der Waals surface area (Å²) in [7, 11) is 7.07. The van der Waals surface area contributed by atoms with Crippen LogP contribution in [-0.4, -0.2) is 33.3 Å². The molecule has 2 heterocycles. The summed E-state index contributed by atoms with van der Waals surface area (Å²) >= 11 is 1.52. The number of imidazole rings is 2. The third-order valence-electron chi connectivity index (χ3n) is 5.07. The van der Waals surface area contributed by atoms with Crippen LogP contribution in [-0.2, 0) is 14.1 Å². The molecule has 0 fully saturated rings. The zero-order valence-electron chi connectivity index (χ0n) is 17.8. The number of nitrogens with two attached hydrogens (primary N) is 2. The summed E-state index contributed by atoms with van der Waals surface area (Å²) in [5, 5.41) is 1.78. The highest BCUT2D eigenvalue weighted by Gasteiger charge is 2.22. The molecule has 0 aliphatic carbocycles. The smallest absolute Gasteiger partial charge is 0.201 e. The highest BCUT2D eigenvalue weighted by Crippen LogP contribution is 2.41. The summed E-state index contributed by atoms with van der Waals surface area (Å²) < 4.78 is 14.3. The molecule has 0 radical (unpaired) electrons. The minimum Gasteiger partial charge on any atom is -0.497 e. The van der Waals surface area contributed by atoms with Gasteiger partial charge in [-0.1, -0.05) is 0 Å². The number of nitrogen functional groups attached to an aromatic ring is 2. The predicted molar refractivity (Wildman–Crippen MR) is 123 cm³/mol. The van der Waals surface area contributed by atoms with E-state index < -0.39 is 0 Å². The quantitative estimate of drug-likeness (QED) is 0.473. The summed E-state index contributed by atoms with van der Waals surface area (Å²) in [5.74, 6) is 2.41. The molecule has 4 N–H and O–H groups in total. The van der Waals surface area contributed by atoms with Gasteiger partial charge in [0.25, 0.3) is 0 Å². The molecule has 9 heteroatoms. The van der Waals surface area contributed by atoms with Crippen LogP contribution >= 0.6 is 11.8 Å². The molecule has 0 aliphatic heterocycles. The lowest BCUT2D eigenvalue weighted by Gasteiger charge is -2.10. The van der Waals surface area contributed by atoms with Gasteiger partial charge in [-0.05, 0) is 60.3 Å². The van der Waals surface area contributed by atoms with Crippen molar-refractivity contribution >= 4 is 23.7 Å². The van der Waals surface area contributed by atoms with Gasteiger partial charge in [0, 0.05) is 25.2 Å². The number of ether oxygens (including phenoxy) is 2. The van der Waals surface area contributed by atoms with Crippen molar-refractivity contribution in [2.45, 2.75) is 10.1 Å². The molecule has 0 bridgehead atoms. The second-order valence-electron chi connectivity index (χ2n) is 6.92. The number of nitrogens with zero attached hydrogens (tertiary/aromatic N) is 4. The molecule has 0 saturated heterocycles. The molecule has 0 atom stereocenters. The molecule has 31 heavy (non-hydrogen) atoms. The first-order valence-corrected chi connectivity index (χ1v) is 10.4. The molecule has 0 unspecified atom stereocenters. The average molecular weight is 437 g/mol. The summed E-state index contributed by atoms with van der Waals surface area (Å²) in [6.07, 6.45) is 0. The Labute approximate surface area is 184 Å². The van der Waals surface area contributed by atoms with Gasteiger partial charge < -0.3 is 30.1 Å². The van der Waals surface area contributed by atoms with Crippen LogP contribution in [0.25, 0.3) is 22.5 Å². The average Bonchev–Trinajstić information content (AvgIpc) is 3.24. The lowest BCUT2D eigenvalue weighted by atomic mass is 10.1. The highest BCUT2D eigenvalue weighted by molar-refractivity contribution is 7.99. The van der Waals surface area contributed by atoms with Crippen LogP contribution in [0.1, 0.15) is 0 Å². The number of anilines is 2. The maximum absolute atomic E-state index is 6.17. The Kier molecular flexibility index (Phi) is 5.51. The van der Waals surface area contributed by atoms with Gasteiger partial charge in [0.15, 0.2) is 0 Å². The number of benzene rings is 2. The largest absolute Gasteiger partial charge is 0.497 e. The summed E-state index contributed by atoms with van der Waals surface area (Å²) in [6.45, 7) is 0. The van der Waals surface area contributed by atoms with E-state index in [-0.39, 0.29) is 0 Å². The topological polar surface area (TPSA) is 106 Å². The molecule has 0 saturated carbocycles. The number of hydrogen-bond acceptors (Lipinski definition) is 7. The van der Waals surface area contributed by atoms with Gasteiger partial charge in [-0.3, -0.25) is 0 Å². The Balaban J connectivity index is 1.79. The number of methoxy groups -OCH3 is 2. The fourth-order valence-corrected chi connectivity index (χ4v) is 4.36. The van der Waals surface area contributed by atoms with Crippen LogP contribution in [0.5, 0.6) is 11.5 Å². The third-order valence-corrected chi connectivity index (χ3v) is 6.40. The molecule has 8 nitrogen and oxygen atoms in total. The first-order valence-electron chi connectivity index (χ1n) is 9.54. The number of hydrogen-bond donors (Lipinski definition) is 2. The lowest BCUT2D eigenvalue weighted by Crippen LogP contribution is -2.00. The van der Waals surface area contributed by atoms with E-state index in [9.17, 15) is 0 Å². The monoisotopic (exact) mass is 436 g/mol. The van der Waals surface area contributed by atoms with E-state index in [1.807, 2.05) is 71.8 Å². The van der Waals surface area contributed by atoms with E-state index in [0.29, 0.717) is 11.9 Å². The van der Waals surface area contributed by atoms with Gasteiger partial charge in [0.05, 0.1) is 14.2 Å². The Hall–Kier alpha value is -3.59. The van der Waals surface area contributed by atoms with Crippen LogP contribution in [0.4, 0.5) is 11.9 Å². The van der Waals surface area contributed by atoms with Gasteiger partial charge in [-0.2, -0.15) is 0 Å². The molecule has 4 aromatic rings. The van der Waals surface area contributed by atoms with Gasteiger partial charge in [0.1, 0.15) is 32.9 Å². The van der Waals surface area contributed by atoms with Crippen molar-refractivity contribution in [1.29, 1.82) is 0 Å². The van der Waals surface area contributed by atoms with Crippen LogP contribution in [0.2, 0.25) is 0 Å². The normalized spacial score (nSPS) is 11.0. The van der Waals surface area contributed by atoms with E-state index in [1.165, 1.54) is 11.8 Å². The Morgan fingerprint density at radius 3 is 1.35 bits per heavy atom. The number of aromatic nitrogens is 4. The summed E-state index contributed by atoms with van der Waals surface area (Å²) in [5.41, 5.74) is 15.8. The maximum atomic E-state index is 6.17. The Morgan fingerprint density at radius 2 is 1.03 bits per heavy atom. The fourth-order valence-electron chi connectivity index (χ4n) is 3.20. The van der Waals surface area contributed by atoms with Crippen molar-refractivity contribution < 1.29 is 9.47 Å². The number of rotatable bonds is 6. The lowest BCUT2D eigenvalue weighted by molar-refractivity contribution is 0.415. The maximum Gasteiger partial charge on any atom is 0.201 e. The molecular formula is C22H24N6O2S. The van der Waals surface area contributed by atoms with Gasteiger partial charge in [0.2, 0.25) is 11.9 Å². The van der Waals surface area contributed by atoms with Crippen LogP contribution in [0.15, 0.2) is 58.6 Å². The molecule has 160 valence electrons. The SMILES string of the molecule is COc1ccc(-c2nc(N)n(C)c2Sc2c(-c3ccc(OC)cc3)nc(N)n2C)cc1. The van der Waals surface area contributed by atoms with Gasteiger partial charge in [-0.25, -0.2) is 9.97 Å². The molecule has 4 rings (SSSR count). The standard InChI is InChI=1S/C22H24N6O2S/c1-27-19(17(25-21(27)23)13-5-9-15(29-3)10-6-13)31-20-18(26-22(24)28(20)2)14-7-11-16(30-4)12-8-14/h5-12H,1-4H3,(H2,23,25)(H2,24,26). The summed E-state index contributed by atoms with van der Waals surface area (Å²) in [6, 6.07) is 15.5. The second-order valence-corrected chi connectivity index (χ2v) is 7.90. The minimum absolute atomic E-state index is 0.425.